The van der Waals surface area contributed by atoms with Crippen LogP contribution in [0.15, 0.2) is 29.6 Å². The molecule has 2 aromatic rings. The lowest BCUT2D eigenvalue weighted by molar-refractivity contribution is 0.518. The number of aryl methyl sites for hydroxylation is 1. The molecule has 3 rings (SSSR count). The number of nitrogens with zero attached hydrogens (tertiary/aromatic N) is 6. The van der Waals surface area contributed by atoms with Gasteiger partial charge in [0.15, 0.2) is 11.5 Å². The van der Waals surface area contributed by atoms with Crippen LogP contribution in [0.3, 0.4) is 0 Å². The second-order valence-corrected chi connectivity index (χ2v) is 5.65. The predicted molar refractivity (Wildman–Crippen MR) is 89.8 cm³/mol. The standard InChI is InChI=1S/C16H19N7O/c1-2-22-8-5-18-15(16(22)24)23-6-3-12(4-7-23)21-14-11-19-13(9-17)10-20-14/h5,8,10-12H,2-4,6-7H2,1H3,(H,20,21). The maximum atomic E-state index is 12.3. The van der Waals surface area contributed by atoms with Gasteiger partial charge in [-0.05, 0) is 19.8 Å². The number of nitriles is 1. The molecule has 124 valence electrons. The minimum atomic E-state index is -0.0376. The smallest absolute Gasteiger partial charge is 0.293 e. The summed E-state index contributed by atoms with van der Waals surface area (Å²) in [4.78, 5) is 26.8. The van der Waals surface area contributed by atoms with Crippen LogP contribution < -0.4 is 15.8 Å². The molecule has 0 spiro atoms. The molecule has 0 bridgehead atoms. The second-order valence-electron chi connectivity index (χ2n) is 5.65. The SMILES string of the molecule is CCn1ccnc(N2CCC(Nc3cnc(C#N)cn3)CC2)c1=O. The van der Waals surface area contributed by atoms with Crippen LogP contribution in [0, 0.1) is 11.3 Å². The summed E-state index contributed by atoms with van der Waals surface area (Å²) < 4.78 is 1.67. The molecule has 8 heteroatoms. The Balaban J connectivity index is 1.61. The van der Waals surface area contributed by atoms with Crippen molar-refractivity contribution in [3.8, 4) is 6.07 Å². The van der Waals surface area contributed by atoms with Crippen LogP contribution in [0.5, 0.6) is 0 Å². The molecule has 1 N–H and O–H groups in total. The molecule has 0 radical (unpaired) electrons. The van der Waals surface area contributed by atoms with E-state index in [2.05, 4.69) is 20.3 Å². The zero-order valence-electron chi connectivity index (χ0n) is 13.5. The molecule has 0 unspecified atom stereocenters. The second kappa shape index (κ2) is 7.08. The van der Waals surface area contributed by atoms with Gasteiger partial charge in [-0.1, -0.05) is 0 Å². The van der Waals surface area contributed by atoms with Gasteiger partial charge in [0.1, 0.15) is 11.9 Å². The van der Waals surface area contributed by atoms with E-state index in [0.29, 0.717) is 23.9 Å². The quantitative estimate of drug-likeness (QED) is 0.895. The normalized spacial score (nSPS) is 15.1. The van der Waals surface area contributed by atoms with Gasteiger partial charge >= 0.3 is 0 Å². The maximum absolute atomic E-state index is 12.3. The average molecular weight is 325 g/mol. The van der Waals surface area contributed by atoms with Crippen LogP contribution in [-0.4, -0.2) is 38.7 Å². The Labute approximate surface area is 139 Å². The summed E-state index contributed by atoms with van der Waals surface area (Å²) in [7, 11) is 0. The molecule has 2 aromatic heterocycles. The molecule has 1 fully saturated rings. The van der Waals surface area contributed by atoms with Crippen LogP contribution in [0.4, 0.5) is 11.6 Å². The van der Waals surface area contributed by atoms with Crippen LogP contribution in [0.2, 0.25) is 0 Å². The Hall–Kier alpha value is -2.95. The zero-order chi connectivity index (χ0) is 16.9. The lowest BCUT2D eigenvalue weighted by Crippen LogP contribution is -2.42. The Morgan fingerprint density at radius 3 is 2.71 bits per heavy atom. The van der Waals surface area contributed by atoms with E-state index in [1.54, 1.807) is 23.2 Å². The van der Waals surface area contributed by atoms with Crippen molar-refractivity contribution in [1.82, 2.24) is 19.5 Å². The summed E-state index contributed by atoms with van der Waals surface area (Å²) in [5, 5.41) is 12.1. The van der Waals surface area contributed by atoms with Crippen molar-refractivity contribution in [3.05, 3.63) is 40.8 Å². The largest absolute Gasteiger partial charge is 0.366 e. The van der Waals surface area contributed by atoms with E-state index in [0.717, 1.165) is 25.9 Å². The topological polar surface area (TPSA) is 99.7 Å². The van der Waals surface area contributed by atoms with E-state index in [1.165, 1.54) is 6.20 Å². The Morgan fingerprint density at radius 1 is 1.29 bits per heavy atom. The molecule has 0 aromatic carbocycles. The minimum absolute atomic E-state index is 0.0376. The molecule has 8 nitrogen and oxygen atoms in total. The molecular weight excluding hydrogens is 306 g/mol. The van der Waals surface area contributed by atoms with Crippen molar-refractivity contribution < 1.29 is 0 Å². The molecule has 1 aliphatic heterocycles. The van der Waals surface area contributed by atoms with Gasteiger partial charge in [0, 0.05) is 38.1 Å². The molecular formula is C16H19N7O. The van der Waals surface area contributed by atoms with Gasteiger partial charge in [-0.15, -0.1) is 0 Å². The predicted octanol–water partition coefficient (Wildman–Crippen LogP) is 1.01. The van der Waals surface area contributed by atoms with Gasteiger partial charge in [0.2, 0.25) is 0 Å². The number of hydrogen-bond donors (Lipinski definition) is 1. The number of anilines is 2. The van der Waals surface area contributed by atoms with E-state index in [-0.39, 0.29) is 11.6 Å². The summed E-state index contributed by atoms with van der Waals surface area (Å²) >= 11 is 0. The summed E-state index contributed by atoms with van der Waals surface area (Å²) in [6.45, 7) is 4.11. The van der Waals surface area contributed by atoms with Gasteiger partial charge in [0.05, 0.1) is 12.4 Å². The number of rotatable bonds is 4. The monoisotopic (exact) mass is 325 g/mol. The number of hydrogen-bond acceptors (Lipinski definition) is 7. The highest BCUT2D eigenvalue weighted by Crippen LogP contribution is 2.17. The van der Waals surface area contributed by atoms with Crippen molar-refractivity contribution in [2.24, 2.45) is 0 Å². The Kier molecular flexibility index (Phi) is 4.70. The molecule has 0 amide bonds. The van der Waals surface area contributed by atoms with Gasteiger partial charge in [0.25, 0.3) is 5.56 Å². The first kappa shape index (κ1) is 15.9. The van der Waals surface area contributed by atoms with Gasteiger partial charge in [-0.3, -0.25) is 4.79 Å². The van der Waals surface area contributed by atoms with Crippen molar-refractivity contribution in [2.75, 3.05) is 23.3 Å². The third-order valence-electron chi connectivity index (χ3n) is 4.15. The first-order chi connectivity index (χ1) is 11.7. The Bertz CT molecular complexity index is 785. The lowest BCUT2D eigenvalue weighted by atomic mass is 10.1. The first-order valence-corrected chi connectivity index (χ1v) is 8.00. The van der Waals surface area contributed by atoms with Crippen molar-refractivity contribution in [3.63, 3.8) is 0 Å². The van der Waals surface area contributed by atoms with Gasteiger partial charge < -0.3 is 14.8 Å². The fourth-order valence-corrected chi connectivity index (χ4v) is 2.81. The molecule has 0 saturated carbocycles. The maximum Gasteiger partial charge on any atom is 0.293 e. The fourth-order valence-electron chi connectivity index (χ4n) is 2.81. The number of aromatic nitrogens is 4. The van der Waals surface area contributed by atoms with E-state index < -0.39 is 0 Å². The summed E-state index contributed by atoms with van der Waals surface area (Å²) in [6, 6.07) is 2.21. The summed E-state index contributed by atoms with van der Waals surface area (Å²) in [6.07, 6.45) is 8.18. The van der Waals surface area contributed by atoms with Gasteiger partial charge in [-0.2, -0.15) is 5.26 Å². The number of nitrogens with one attached hydrogen (secondary N) is 1. The molecule has 0 aliphatic carbocycles. The summed E-state index contributed by atoms with van der Waals surface area (Å²) in [5.41, 5.74) is 0.266. The molecule has 24 heavy (non-hydrogen) atoms. The lowest BCUT2D eigenvalue weighted by Gasteiger charge is -2.33. The molecule has 0 atom stereocenters. The van der Waals surface area contributed by atoms with Crippen molar-refractivity contribution in [2.45, 2.75) is 32.4 Å². The molecule has 3 heterocycles. The van der Waals surface area contributed by atoms with Gasteiger partial charge in [-0.25, -0.2) is 15.0 Å². The van der Waals surface area contributed by atoms with Crippen LogP contribution in [-0.2, 0) is 6.54 Å². The van der Waals surface area contributed by atoms with E-state index in [9.17, 15) is 4.79 Å². The van der Waals surface area contributed by atoms with Crippen molar-refractivity contribution >= 4 is 11.6 Å². The van der Waals surface area contributed by atoms with Crippen molar-refractivity contribution in [1.29, 1.82) is 5.26 Å². The van der Waals surface area contributed by atoms with E-state index >= 15 is 0 Å². The number of piperidine rings is 1. The molecule has 1 saturated heterocycles. The molecule has 1 aliphatic rings. The summed E-state index contributed by atoms with van der Waals surface area (Å²) in [5.74, 6) is 1.19. The zero-order valence-corrected chi connectivity index (χ0v) is 13.5. The van der Waals surface area contributed by atoms with Crippen LogP contribution in [0.1, 0.15) is 25.5 Å². The highest BCUT2D eigenvalue weighted by atomic mass is 16.1. The van der Waals surface area contributed by atoms with E-state index in [4.69, 9.17) is 5.26 Å². The Morgan fingerprint density at radius 2 is 2.08 bits per heavy atom. The van der Waals surface area contributed by atoms with Crippen LogP contribution >= 0.6 is 0 Å². The third-order valence-corrected chi connectivity index (χ3v) is 4.15. The highest BCUT2D eigenvalue weighted by molar-refractivity contribution is 5.38. The van der Waals surface area contributed by atoms with E-state index in [1.807, 2.05) is 17.9 Å². The van der Waals surface area contributed by atoms with Crippen LogP contribution in [0.25, 0.3) is 0 Å². The first-order valence-electron chi connectivity index (χ1n) is 8.00. The third kappa shape index (κ3) is 3.35. The minimum Gasteiger partial charge on any atom is -0.366 e. The average Bonchev–Trinajstić information content (AvgIpc) is 2.63. The fraction of sp³-hybridized carbons (Fsp3) is 0.438. The highest BCUT2D eigenvalue weighted by Gasteiger charge is 2.22.